The van der Waals surface area contributed by atoms with E-state index < -0.39 is 0 Å². The molecular formula is C10H11ClN2O2. The first-order valence-electron chi connectivity index (χ1n) is 4.74. The molecule has 1 atom stereocenters. The van der Waals surface area contributed by atoms with Gasteiger partial charge in [0.05, 0.1) is 19.3 Å². The molecule has 0 spiro atoms. The molecule has 1 aromatic heterocycles. The zero-order valence-electron chi connectivity index (χ0n) is 8.07. The highest BCUT2D eigenvalue weighted by Gasteiger charge is 2.18. The number of carbonyl (C=O) groups excluding carboxylic acids is 1. The van der Waals surface area contributed by atoms with E-state index in [1.807, 2.05) is 6.07 Å². The number of nitrogens with one attached hydrogen (secondary N) is 1. The van der Waals surface area contributed by atoms with Crippen molar-refractivity contribution in [2.45, 2.75) is 6.04 Å². The minimum atomic E-state index is 0.0312. The van der Waals surface area contributed by atoms with Gasteiger partial charge in [-0.25, -0.2) is 4.98 Å². The van der Waals surface area contributed by atoms with Crippen molar-refractivity contribution >= 4 is 17.9 Å². The fourth-order valence-electron chi connectivity index (χ4n) is 1.62. The van der Waals surface area contributed by atoms with Crippen LogP contribution in [0, 0.1) is 0 Å². The lowest BCUT2D eigenvalue weighted by molar-refractivity contribution is 0.0763. The third-order valence-electron chi connectivity index (χ3n) is 2.33. The molecule has 0 radical (unpaired) electrons. The van der Waals surface area contributed by atoms with Crippen molar-refractivity contribution in [3.05, 3.63) is 28.5 Å². The van der Waals surface area contributed by atoms with Crippen LogP contribution in [0.25, 0.3) is 0 Å². The molecule has 1 aliphatic rings. The molecule has 4 nitrogen and oxygen atoms in total. The monoisotopic (exact) mass is 226 g/mol. The first-order valence-corrected chi connectivity index (χ1v) is 5.12. The summed E-state index contributed by atoms with van der Waals surface area (Å²) in [5, 5.41) is 3.59. The number of carbonyl (C=O) groups is 1. The van der Waals surface area contributed by atoms with Crippen molar-refractivity contribution in [2.75, 3.05) is 19.8 Å². The molecule has 1 fully saturated rings. The maximum atomic E-state index is 10.8. The van der Waals surface area contributed by atoms with Crippen LogP contribution in [0.4, 0.5) is 0 Å². The van der Waals surface area contributed by atoms with Gasteiger partial charge in [0.15, 0.2) is 6.29 Å². The van der Waals surface area contributed by atoms with Gasteiger partial charge in [-0.05, 0) is 6.07 Å². The van der Waals surface area contributed by atoms with E-state index in [1.54, 1.807) is 6.07 Å². The average Bonchev–Trinajstić information content (AvgIpc) is 2.30. The Morgan fingerprint density at radius 2 is 2.47 bits per heavy atom. The number of hydrogen-bond donors (Lipinski definition) is 1. The number of halogens is 1. The summed E-state index contributed by atoms with van der Waals surface area (Å²) in [6.07, 6.45) is 0.720. The number of hydrogen-bond acceptors (Lipinski definition) is 4. The largest absolute Gasteiger partial charge is 0.378 e. The first kappa shape index (κ1) is 10.5. The summed E-state index contributed by atoms with van der Waals surface area (Å²) in [7, 11) is 0. The van der Waals surface area contributed by atoms with Gasteiger partial charge in [-0.3, -0.25) is 4.79 Å². The predicted octanol–water partition coefficient (Wildman–Crippen LogP) is 1.21. The SMILES string of the molecule is O=Cc1nc(Cl)ccc1C1COCCN1. The molecule has 1 saturated heterocycles. The lowest BCUT2D eigenvalue weighted by Crippen LogP contribution is -2.35. The van der Waals surface area contributed by atoms with Crippen molar-refractivity contribution in [1.82, 2.24) is 10.3 Å². The Balaban J connectivity index is 2.29. The van der Waals surface area contributed by atoms with Gasteiger partial charge in [-0.15, -0.1) is 0 Å². The average molecular weight is 227 g/mol. The second-order valence-corrected chi connectivity index (χ2v) is 3.70. The molecule has 80 valence electrons. The van der Waals surface area contributed by atoms with Crippen LogP contribution in [0.1, 0.15) is 22.1 Å². The molecule has 2 rings (SSSR count). The highest BCUT2D eigenvalue weighted by Crippen LogP contribution is 2.19. The van der Waals surface area contributed by atoms with Crippen LogP contribution in [-0.2, 0) is 4.74 Å². The summed E-state index contributed by atoms with van der Waals surface area (Å²) in [5.74, 6) is 0. The van der Waals surface area contributed by atoms with Crippen LogP contribution in [0.15, 0.2) is 12.1 Å². The van der Waals surface area contributed by atoms with Gasteiger partial charge >= 0.3 is 0 Å². The van der Waals surface area contributed by atoms with Gasteiger partial charge in [-0.1, -0.05) is 17.7 Å². The Kier molecular flexibility index (Phi) is 3.30. The summed E-state index contributed by atoms with van der Waals surface area (Å²) in [6, 6.07) is 3.52. The molecule has 0 aliphatic carbocycles. The second-order valence-electron chi connectivity index (χ2n) is 3.31. The number of ether oxygens (including phenoxy) is 1. The van der Waals surface area contributed by atoms with E-state index in [9.17, 15) is 4.79 Å². The maximum Gasteiger partial charge on any atom is 0.168 e. The van der Waals surface area contributed by atoms with Gasteiger partial charge in [-0.2, -0.15) is 0 Å². The molecule has 0 amide bonds. The fraction of sp³-hybridized carbons (Fsp3) is 0.400. The van der Waals surface area contributed by atoms with Crippen molar-refractivity contribution in [2.24, 2.45) is 0 Å². The van der Waals surface area contributed by atoms with E-state index in [-0.39, 0.29) is 6.04 Å². The van der Waals surface area contributed by atoms with E-state index in [0.29, 0.717) is 24.1 Å². The van der Waals surface area contributed by atoms with Gasteiger partial charge in [0, 0.05) is 12.1 Å². The van der Waals surface area contributed by atoms with Gasteiger partial charge in [0.2, 0.25) is 0 Å². The zero-order chi connectivity index (χ0) is 10.7. The Bertz CT molecular complexity index is 364. The summed E-state index contributed by atoms with van der Waals surface area (Å²) in [4.78, 5) is 14.8. The van der Waals surface area contributed by atoms with Crippen molar-refractivity contribution in [1.29, 1.82) is 0 Å². The normalized spacial score (nSPS) is 21.3. The summed E-state index contributed by atoms with van der Waals surface area (Å²) >= 11 is 5.71. The smallest absolute Gasteiger partial charge is 0.168 e. The third-order valence-corrected chi connectivity index (χ3v) is 2.54. The Morgan fingerprint density at radius 3 is 3.13 bits per heavy atom. The summed E-state index contributed by atoms with van der Waals surface area (Å²) in [6.45, 7) is 2.05. The lowest BCUT2D eigenvalue weighted by Gasteiger charge is -2.24. The number of rotatable bonds is 2. The topological polar surface area (TPSA) is 51.2 Å². The molecule has 15 heavy (non-hydrogen) atoms. The lowest BCUT2D eigenvalue weighted by atomic mass is 10.1. The maximum absolute atomic E-state index is 10.8. The summed E-state index contributed by atoms with van der Waals surface area (Å²) < 4.78 is 5.33. The van der Waals surface area contributed by atoms with E-state index in [0.717, 1.165) is 18.4 Å². The van der Waals surface area contributed by atoms with Crippen LogP contribution in [0.5, 0.6) is 0 Å². The molecule has 0 bridgehead atoms. The molecule has 1 aliphatic heterocycles. The molecule has 1 unspecified atom stereocenters. The van der Waals surface area contributed by atoms with Gasteiger partial charge in [0.1, 0.15) is 10.8 Å². The quantitative estimate of drug-likeness (QED) is 0.608. The molecule has 2 heterocycles. The standard InChI is InChI=1S/C10H11ClN2O2/c11-10-2-1-7(8(5-14)13-10)9-6-15-4-3-12-9/h1-2,5,9,12H,3-4,6H2. The van der Waals surface area contributed by atoms with Crippen LogP contribution >= 0.6 is 11.6 Å². The third kappa shape index (κ3) is 2.34. The van der Waals surface area contributed by atoms with Crippen LogP contribution in [0.3, 0.4) is 0 Å². The van der Waals surface area contributed by atoms with Crippen LogP contribution < -0.4 is 5.32 Å². The molecule has 5 heteroatoms. The number of aldehydes is 1. The van der Waals surface area contributed by atoms with Crippen molar-refractivity contribution in [3.8, 4) is 0 Å². The molecule has 1 aromatic rings. The Labute approximate surface area is 92.6 Å². The number of nitrogens with zero attached hydrogens (tertiary/aromatic N) is 1. The fourth-order valence-corrected chi connectivity index (χ4v) is 1.77. The Hall–Kier alpha value is -0.970. The zero-order valence-corrected chi connectivity index (χ0v) is 8.83. The van der Waals surface area contributed by atoms with Crippen LogP contribution in [-0.4, -0.2) is 31.0 Å². The highest BCUT2D eigenvalue weighted by molar-refractivity contribution is 6.29. The summed E-state index contributed by atoms with van der Waals surface area (Å²) in [5.41, 5.74) is 1.22. The van der Waals surface area contributed by atoms with E-state index >= 15 is 0 Å². The van der Waals surface area contributed by atoms with Crippen molar-refractivity contribution < 1.29 is 9.53 Å². The Morgan fingerprint density at radius 1 is 1.60 bits per heavy atom. The molecule has 0 saturated carbocycles. The first-order chi connectivity index (χ1) is 7.31. The second kappa shape index (κ2) is 4.70. The van der Waals surface area contributed by atoms with E-state index in [4.69, 9.17) is 16.3 Å². The van der Waals surface area contributed by atoms with E-state index in [2.05, 4.69) is 10.3 Å². The molecule has 1 N–H and O–H groups in total. The van der Waals surface area contributed by atoms with Gasteiger partial charge in [0.25, 0.3) is 0 Å². The minimum Gasteiger partial charge on any atom is -0.378 e. The minimum absolute atomic E-state index is 0.0312. The number of pyridine rings is 1. The predicted molar refractivity (Wildman–Crippen MR) is 56.2 cm³/mol. The van der Waals surface area contributed by atoms with Crippen LogP contribution in [0.2, 0.25) is 5.15 Å². The molecule has 0 aromatic carbocycles. The molecular weight excluding hydrogens is 216 g/mol. The van der Waals surface area contributed by atoms with Crippen molar-refractivity contribution in [3.63, 3.8) is 0 Å². The van der Waals surface area contributed by atoms with Gasteiger partial charge < -0.3 is 10.1 Å². The number of morpholine rings is 1. The number of aromatic nitrogens is 1. The highest BCUT2D eigenvalue weighted by atomic mass is 35.5. The van der Waals surface area contributed by atoms with E-state index in [1.165, 1.54) is 0 Å².